The molecule has 0 bridgehead atoms. The highest BCUT2D eigenvalue weighted by atomic mass is 15.0. The fraction of sp³-hybridized carbons (Fsp3) is 0.107. The maximum absolute atomic E-state index is 5.59. The van der Waals surface area contributed by atoms with E-state index in [1.54, 1.807) is 0 Å². The molecule has 0 atom stereocenters. The third kappa shape index (κ3) is 6.80. The largest absolute Gasteiger partial charge is 0.309 e. The summed E-state index contributed by atoms with van der Waals surface area (Å²) in [6, 6.07) is 94.1. The van der Waals surface area contributed by atoms with Gasteiger partial charge in [0.05, 0.1) is 33.1 Å². The zero-order valence-electron chi connectivity index (χ0n) is 50.9. The zero-order valence-corrected chi connectivity index (χ0v) is 50.9. The summed E-state index contributed by atoms with van der Waals surface area (Å²) in [6.07, 6.45) is 0. The van der Waals surface area contributed by atoms with Crippen molar-refractivity contribution in [2.75, 3.05) is 0 Å². The Balaban J connectivity index is 0.840. The molecule has 0 aliphatic heterocycles. The number of fused-ring (bicyclic) bond motifs is 21. The molecule has 0 saturated heterocycles. The second-order valence-electron chi connectivity index (χ2n) is 26.7. The van der Waals surface area contributed by atoms with Gasteiger partial charge in [-0.2, -0.15) is 0 Å². The predicted molar refractivity (Wildman–Crippen MR) is 372 cm³/mol. The zero-order chi connectivity index (χ0) is 60.1. The van der Waals surface area contributed by atoms with E-state index in [1.165, 1.54) is 116 Å². The SMILES string of the molecule is CC1(C)c2ccccc2-c2c1ccc1c3ccccc3n(-c3cccc(-c4nc(-c5cccc(-n6c7ccccc7c7ccc8c(c76)-c6ccccc6C8(C)C)c5)nc(-c5cccc(-n6c7ccccc7c7ccc8c(c76)-c6ccccc6C8(C)C)c5)n4)c3)c21. The van der Waals surface area contributed by atoms with Crippen LogP contribution >= 0.6 is 0 Å². The molecule has 90 heavy (non-hydrogen) atoms. The van der Waals surface area contributed by atoms with E-state index in [2.05, 4.69) is 310 Å². The summed E-state index contributed by atoms with van der Waals surface area (Å²) >= 11 is 0. The minimum absolute atomic E-state index is 0.163. The maximum Gasteiger partial charge on any atom is 0.164 e. The van der Waals surface area contributed by atoms with Gasteiger partial charge in [-0.1, -0.05) is 242 Å². The van der Waals surface area contributed by atoms with Crippen LogP contribution in [0.4, 0.5) is 0 Å². The highest BCUT2D eigenvalue weighted by Gasteiger charge is 2.41. The molecule has 426 valence electrons. The quantitative estimate of drug-likeness (QED) is 0.167. The van der Waals surface area contributed by atoms with Gasteiger partial charge in [0.15, 0.2) is 17.5 Å². The van der Waals surface area contributed by atoms with Gasteiger partial charge < -0.3 is 13.7 Å². The lowest BCUT2D eigenvalue weighted by Gasteiger charge is -2.21. The number of benzene rings is 12. The highest BCUT2D eigenvalue weighted by Crippen LogP contribution is 2.56. The van der Waals surface area contributed by atoms with E-state index in [0.29, 0.717) is 17.5 Å². The fourth-order valence-corrected chi connectivity index (χ4v) is 16.6. The molecule has 4 aromatic heterocycles. The summed E-state index contributed by atoms with van der Waals surface area (Å²) in [5.41, 5.74) is 28.2. The van der Waals surface area contributed by atoms with Crippen LogP contribution in [0.25, 0.3) is 150 Å². The maximum atomic E-state index is 5.59. The topological polar surface area (TPSA) is 53.5 Å². The highest BCUT2D eigenvalue weighted by molar-refractivity contribution is 6.18. The molecule has 6 nitrogen and oxygen atoms in total. The Bertz CT molecular complexity index is 5260. The van der Waals surface area contributed by atoms with Crippen molar-refractivity contribution in [3.63, 3.8) is 0 Å². The van der Waals surface area contributed by atoms with Crippen LogP contribution in [0.5, 0.6) is 0 Å². The number of para-hydroxylation sites is 3. The lowest BCUT2D eigenvalue weighted by molar-refractivity contribution is 0.660. The van der Waals surface area contributed by atoms with E-state index in [0.717, 1.165) is 50.3 Å². The van der Waals surface area contributed by atoms with Gasteiger partial charge in [-0.3, -0.25) is 0 Å². The van der Waals surface area contributed by atoms with Crippen molar-refractivity contribution in [2.24, 2.45) is 0 Å². The van der Waals surface area contributed by atoms with Crippen molar-refractivity contribution >= 4 is 65.4 Å². The number of rotatable bonds is 6. The Labute approximate surface area is 521 Å². The number of hydrogen-bond donors (Lipinski definition) is 0. The van der Waals surface area contributed by atoms with Gasteiger partial charge in [-0.15, -0.1) is 0 Å². The van der Waals surface area contributed by atoms with Gasteiger partial charge in [0.25, 0.3) is 0 Å². The molecule has 0 fully saturated rings. The molecule has 0 N–H and O–H groups in total. The average molecular weight is 1150 g/mol. The lowest BCUT2D eigenvalue weighted by Crippen LogP contribution is -2.14. The van der Waals surface area contributed by atoms with Crippen molar-refractivity contribution in [1.29, 1.82) is 0 Å². The van der Waals surface area contributed by atoms with Crippen LogP contribution in [-0.2, 0) is 16.2 Å². The Morgan fingerprint density at radius 3 is 0.833 bits per heavy atom. The van der Waals surface area contributed by atoms with Crippen molar-refractivity contribution < 1.29 is 0 Å². The molecular formula is C84H60N6. The first-order valence-corrected chi connectivity index (χ1v) is 31.5. The molecule has 4 heterocycles. The first-order valence-electron chi connectivity index (χ1n) is 31.5. The van der Waals surface area contributed by atoms with Crippen LogP contribution in [0.15, 0.2) is 255 Å². The van der Waals surface area contributed by atoms with E-state index in [-0.39, 0.29) is 16.2 Å². The number of nitrogens with zero attached hydrogens (tertiary/aromatic N) is 6. The summed E-state index contributed by atoms with van der Waals surface area (Å²) in [4.78, 5) is 16.8. The van der Waals surface area contributed by atoms with Gasteiger partial charge in [-0.25, -0.2) is 15.0 Å². The van der Waals surface area contributed by atoms with Crippen LogP contribution < -0.4 is 0 Å². The fourth-order valence-electron chi connectivity index (χ4n) is 16.6. The van der Waals surface area contributed by atoms with E-state index in [1.807, 2.05) is 0 Å². The van der Waals surface area contributed by atoms with Gasteiger partial charge in [0, 0.05) is 99.0 Å². The molecular weight excluding hydrogens is 1090 g/mol. The Hall–Kier alpha value is -11.0. The molecule has 6 heteroatoms. The predicted octanol–water partition coefficient (Wildman–Crippen LogP) is 21.1. The second-order valence-corrected chi connectivity index (χ2v) is 26.7. The Kier molecular flexibility index (Phi) is 10.3. The summed E-state index contributed by atoms with van der Waals surface area (Å²) in [5.74, 6) is 1.77. The van der Waals surface area contributed by atoms with Gasteiger partial charge >= 0.3 is 0 Å². The van der Waals surface area contributed by atoms with Crippen LogP contribution in [-0.4, -0.2) is 28.7 Å². The molecule has 12 aromatic carbocycles. The molecule has 0 unspecified atom stereocenters. The van der Waals surface area contributed by atoms with Gasteiger partial charge in [0.1, 0.15) is 0 Å². The molecule has 16 aromatic rings. The van der Waals surface area contributed by atoms with Crippen LogP contribution in [0, 0.1) is 0 Å². The summed E-state index contributed by atoms with van der Waals surface area (Å²) in [5, 5.41) is 7.34. The van der Waals surface area contributed by atoms with E-state index in [9.17, 15) is 0 Å². The number of hydrogen-bond acceptors (Lipinski definition) is 3. The van der Waals surface area contributed by atoms with Crippen LogP contribution in [0.2, 0.25) is 0 Å². The minimum atomic E-state index is -0.163. The van der Waals surface area contributed by atoms with Crippen LogP contribution in [0.3, 0.4) is 0 Å². The molecule has 19 rings (SSSR count). The molecule has 3 aliphatic carbocycles. The van der Waals surface area contributed by atoms with Gasteiger partial charge in [0.2, 0.25) is 0 Å². The third-order valence-corrected chi connectivity index (χ3v) is 20.9. The minimum Gasteiger partial charge on any atom is -0.309 e. The van der Waals surface area contributed by atoms with Crippen molar-refractivity contribution in [3.8, 4) is 84.6 Å². The summed E-state index contributed by atoms with van der Waals surface area (Å²) in [7, 11) is 0. The van der Waals surface area contributed by atoms with Crippen molar-refractivity contribution in [2.45, 2.75) is 57.8 Å². The molecule has 3 aliphatic rings. The lowest BCUT2D eigenvalue weighted by atomic mass is 9.82. The first kappa shape index (κ1) is 51.1. The van der Waals surface area contributed by atoms with E-state index >= 15 is 0 Å². The number of aromatic nitrogens is 6. The van der Waals surface area contributed by atoms with Gasteiger partial charge in [-0.05, 0) is 105 Å². The Morgan fingerprint density at radius 1 is 0.244 bits per heavy atom. The smallest absolute Gasteiger partial charge is 0.164 e. The average Bonchev–Trinajstić information content (AvgIpc) is 1.58. The second kappa shape index (κ2) is 18.1. The first-order chi connectivity index (χ1) is 43.9. The van der Waals surface area contributed by atoms with E-state index < -0.39 is 0 Å². The third-order valence-electron chi connectivity index (χ3n) is 20.9. The normalized spacial score (nSPS) is 14.6. The van der Waals surface area contributed by atoms with Crippen LogP contribution in [0.1, 0.15) is 74.9 Å². The molecule has 0 radical (unpaired) electrons. The Morgan fingerprint density at radius 2 is 0.522 bits per heavy atom. The summed E-state index contributed by atoms with van der Waals surface area (Å²) in [6.45, 7) is 14.2. The molecule has 0 amide bonds. The monoisotopic (exact) mass is 1150 g/mol. The molecule has 0 spiro atoms. The summed E-state index contributed by atoms with van der Waals surface area (Å²) < 4.78 is 7.43. The van der Waals surface area contributed by atoms with Crippen molar-refractivity contribution in [3.05, 3.63) is 288 Å². The molecule has 0 saturated carbocycles. The van der Waals surface area contributed by atoms with E-state index in [4.69, 9.17) is 15.0 Å². The van der Waals surface area contributed by atoms with Crippen molar-refractivity contribution in [1.82, 2.24) is 28.7 Å². The standard InChI is InChI=1S/C84H60N6/c1-82(2)64-34-13-7-31-61(64)73-67(82)43-40-58-55-28-10-16-37-70(55)88(76(58)73)52-25-19-22-49(46-52)79-85-80(50-23-20-26-53(47-50)89-71-38-17-11-29-56(71)59-41-44-68-74(77(59)89)62-32-8-14-35-65(62)83(68,3)4)87-81(86-79)51-24-21-27-54(48-51)90-72-39-18-12-30-57(72)60-42-45-69-75(78(60)90)63-33-9-15-36-66(63)84(69,5)6/h7-48H,1-6H3.